The Morgan fingerprint density at radius 1 is 1.30 bits per heavy atom. The number of nitrogens with one attached hydrogen (secondary N) is 1. The maximum Gasteiger partial charge on any atom is 0.322 e. The van der Waals surface area contributed by atoms with Gasteiger partial charge in [0.25, 0.3) is 0 Å². The van der Waals surface area contributed by atoms with E-state index >= 15 is 0 Å². The Morgan fingerprint density at radius 3 is 2.61 bits per heavy atom. The summed E-state index contributed by atoms with van der Waals surface area (Å²) >= 11 is 0. The number of aryl methyl sites for hydroxylation is 1. The van der Waals surface area contributed by atoms with E-state index in [-0.39, 0.29) is 18.2 Å². The molecular weight excluding hydrogens is 296 g/mol. The molecule has 6 nitrogen and oxygen atoms in total. The number of benzene rings is 1. The molecule has 0 radical (unpaired) electrons. The largest absolute Gasteiger partial charge is 0.480 e. The standard InChI is InChI=1S/C17H22N2O4/c1-2-3-4-12-5-7-14(8-6-12)19-11-13(9-15(19)20)17(23)18-10-16(21)22/h5-8,13H,2-4,9-11H2,1H3,(H,18,23)(H,21,22). The summed E-state index contributed by atoms with van der Waals surface area (Å²) in [5.74, 6) is -2.09. The molecule has 2 rings (SSSR count). The Labute approximate surface area is 135 Å². The van der Waals surface area contributed by atoms with Crippen molar-refractivity contribution in [3.05, 3.63) is 29.8 Å². The molecule has 1 atom stereocenters. The highest BCUT2D eigenvalue weighted by atomic mass is 16.4. The van der Waals surface area contributed by atoms with Gasteiger partial charge >= 0.3 is 5.97 Å². The lowest BCUT2D eigenvalue weighted by Gasteiger charge is -2.17. The van der Waals surface area contributed by atoms with Crippen molar-refractivity contribution in [2.24, 2.45) is 5.92 Å². The van der Waals surface area contributed by atoms with E-state index in [1.807, 2.05) is 24.3 Å². The van der Waals surface area contributed by atoms with Gasteiger partial charge < -0.3 is 15.3 Å². The minimum absolute atomic E-state index is 0.109. The smallest absolute Gasteiger partial charge is 0.322 e. The van der Waals surface area contributed by atoms with Crippen LogP contribution in [0.15, 0.2) is 24.3 Å². The molecule has 23 heavy (non-hydrogen) atoms. The van der Waals surface area contributed by atoms with Gasteiger partial charge in [-0.25, -0.2) is 0 Å². The second kappa shape index (κ2) is 7.76. The number of carbonyl (C=O) groups is 3. The van der Waals surface area contributed by atoms with Gasteiger partial charge in [-0.15, -0.1) is 0 Å². The molecular formula is C17H22N2O4. The molecule has 6 heteroatoms. The fourth-order valence-corrected chi connectivity index (χ4v) is 2.66. The first-order valence-corrected chi connectivity index (χ1v) is 7.90. The van der Waals surface area contributed by atoms with E-state index in [1.165, 1.54) is 5.56 Å². The third-order valence-electron chi connectivity index (χ3n) is 3.98. The van der Waals surface area contributed by atoms with Crippen molar-refractivity contribution >= 4 is 23.5 Å². The van der Waals surface area contributed by atoms with Gasteiger partial charge in [0, 0.05) is 18.7 Å². The first-order valence-electron chi connectivity index (χ1n) is 7.90. The van der Waals surface area contributed by atoms with Crippen LogP contribution in [0, 0.1) is 5.92 Å². The van der Waals surface area contributed by atoms with Crippen LogP contribution >= 0.6 is 0 Å². The molecule has 1 aliphatic heterocycles. The van der Waals surface area contributed by atoms with E-state index in [2.05, 4.69) is 12.2 Å². The molecule has 0 aromatic heterocycles. The number of amides is 2. The third-order valence-corrected chi connectivity index (χ3v) is 3.98. The molecule has 2 N–H and O–H groups in total. The second-order valence-electron chi connectivity index (χ2n) is 5.79. The van der Waals surface area contributed by atoms with Crippen LogP contribution in [0.5, 0.6) is 0 Å². The lowest BCUT2D eigenvalue weighted by atomic mass is 10.1. The number of anilines is 1. The molecule has 1 heterocycles. The Kier molecular flexibility index (Phi) is 5.73. The van der Waals surface area contributed by atoms with E-state index < -0.39 is 18.4 Å². The Balaban J connectivity index is 1.97. The van der Waals surface area contributed by atoms with Crippen molar-refractivity contribution < 1.29 is 19.5 Å². The molecule has 0 aliphatic carbocycles. The van der Waals surface area contributed by atoms with Gasteiger partial charge in [0.1, 0.15) is 6.54 Å². The summed E-state index contributed by atoms with van der Waals surface area (Å²) in [5, 5.41) is 10.9. The molecule has 1 aromatic carbocycles. The lowest BCUT2D eigenvalue weighted by Crippen LogP contribution is -2.36. The van der Waals surface area contributed by atoms with E-state index in [4.69, 9.17) is 5.11 Å². The van der Waals surface area contributed by atoms with Crippen molar-refractivity contribution in [1.29, 1.82) is 0 Å². The topological polar surface area (TPSA) is 86.7 Å². The highest BCUT2D eigenvalue weighted by Crippen LogP contribution is 2.25. The average molecular weight is 318 g/mol. The maximum absolute atomic E-state index is 12.1. The van der Waals surface area contributed by atoms with Crippen molar-refractivity contribution in [2.75, 3.05) is 18.0 Å². The monoisotopic (exact) mass is 318 g/mol. The third kappa shape index (κ3) is 4.55. The van der Waals surface area contributed by atoms with Crippen LogP contribution < -0.4 is 10.2 Å². The Bertz CT molecular complexity index is 583. The molecule has 0 saturated carbocycles. The van der Waals surface area contributed by atoms with E-state index in [0.717, 1.165) is 24.9 Å². The van der Waals surface area contributed by atoms with Gasteiger partial charge in [-0.3, -0.25) is 14.4 Å². The molecule has 2 amide bonds. The number of aliphatic carboxylic acids is 1. The minimum atomic E-state index is -1.10. The number of carboxylic acid groups (broad SMARTS) is 1. The van der Waals surface area contributed by atoms with Crippen LogP contribution in [0.25, 0.3) is 0 Å². The van der Waals surface area contributed by atoms with Crippen LogP contribution in [-0.4, -0.2) is 36.0 Å². The van der Waals surface area contributed by atoms with Crippen LogP contribution in [0.4, 0.5) is 5.69 Å². The van der Waals surface area contributed by atoms with Crippen LogP contribution in [0.3, 0.4) is 0 Å². The summed E-state index contributed by atoms with van der Waals surface area (Å²) in [6, 6.07) is 7.83. The number of carboxylic acids is 1. The van der Waals surface area contributed by atoms with Gasteiger partial charge in [-0.05, 0) is 30.5 Å². The number of carbonyl (C=O) groups excluding carboxylic acids is 2. The molecule has 124 valence electrons. The number of unbranched alkanes of at least 4 members (excludes halogenated alkanes) is 1. The highest BCUT2D eigenvalue weighted by Gasteiger charge is 2.35. The predicted molar refractivity (Wildman–Crippen MR) is 86.2 cm³/mol. The van der Waals surface area contributed by atoms with Gasteiger partial charge in [0.2, 0.25) is 11.8 Å². The number of nitrogens with zero attached hydrogens (tertiary/aromatic N) is 1. The van der Waals surface area contributed by atoms with Crippen molar-refractivity contribution in [1.82, 2.24) is 5.32 Å². The molecule has 0 bridgehead atoms. The number of hydrogen-bond donors (Lipinski definition) is 2. The summed E-state index contributed by atoms with van der Waals surface area (Å²) in [7, 11) is 0. The second-order valence-corrected chi connectivity index (χ2v) is 5.79. The fraction of sp³-hybridized carbons (Fsp3) is 0.471. The van der Waals surface area contributed by atoms with Crippen molar-refractivity contribution in [3.8, 4) is 0 Å². The van der Waals surface area contributed by atoms with Gasteiger partial charge in [0.05, 0.1) is 5.92 Å². The number of hydrogen-bond acceptors (Lipinski definition) is 3. The zero-order chi connectivity index (χ0) is 16.8. The molecule has 1 fully saturated rings. The van der Waals surface area contributed by atoms with E-state index in [9.17, 15) is 14.4 Å². The SMILES string of the molecule is CCCCc1ccc(N2CC(C(=O)NCC(=O)O)CC2=O)cc1. The maximum atomic E-state index is 12.1. The molecule has 1 aromatic rings. The molecule has 1 unspecified atom stereocenters. The zero-order valence-electron chi connectivity index (χ0n) is 13.2. The van der Waals surface area contributed by atoms with Crippen molar-refractivity contribution in [2.45, 2.75) is 32.6 Å². The van der Waals surface area contributed by atoms with Gasteiger partial charge in [-0.2, -0.15) is 0 Å². The zero-order valence-corrected chi connectivity index (χ0v) is 13.2. The molecule has 0 spiro atoms. The van der Waals surface area contributed by atoms with E-state index in [1.54, 1.807) is 4.90 Å². The van der Waals surface area contributed by atoms with Gasteiger partial charge in [0.15, 0.2) is 0 Å². The van der Waals surface area contributed by atoms with Gasteiger partial charge in [-0.1, -0.05) is 25.5 Å². The van der Waals surface area contributed by atoms with Crippen LogP contribution in [0.1, 0.15) is 31.7 Å². The lowest BCUT2D eigenvalue weighted by molar-refractivity contribution is -0.138. The first kappa shape index (κ1) is 17.0. The van der Waals surface area contributed by atoms with E-state index in [0.29, 0.717) is 6.54 Å². The highest BCUT2D eigenvalue weighted by molar-refractivity contribution is 6.00. The van der Waals surface area contributed by atoms with Crippen molar-refractivity contribution in [3.63, 3.8) is 0 Å². The fourth-order valence-electron chi connectivity index (χ4n) is 2.66. The summed E-state index contributed by atoms with van der Waals surface area (Å²) in [6.45, 7) is 2.01. The Hall–Kier alpha value is -2.37. The quantitative estimate of drug-likeness (QED) is 0.799. The summed E-state index contributed by atoms with van der Waals surface area (Å²) in [4.78, 5) is 36.1. The summed E-state index contributed by atoms with van der Waals surface area (Å²) in [6.07, 6.45) is 3.40. The van der Waals surface area contributed by atoms with Crippen LogP contribution in [0.2, 0.25) is 0 Å². The minimum Gasteiger partial charge on any atom is -0.480 e. The average Bonchev–Trinajstić information content (AvgIpc) is 2.93. The predicted octanol–water partition coefficient (Wildman–Crippen LogP) is 1.58. The first-order chi connectivity index (χ1) is 11.0. The van der Waals surface area contributed by atoms with Crippen LogP contribution in [-0.2, 0) is 20.8 Å². The molecule has 1 saturated heterocycles. The Morgan fingerprint density at radius 2 is 2.00 bits per heavy atom. The summed E-state index contributed by atoms with van der Waals surface area (Å²) < 4.78 is 0. The summed E-state index contributed by atoms with van der Waals surface area (Å²) in [5.41, 5.74) is 2.02. The normalized spacial score (nSPS) is 17.3. The molecule has 1 aliphatic rings. The number of rotatable bonds is 7.